The number of hydrogen-bond acceptors (Lipinski definition) is 7. The average molecular weight is 484 g/mol. The molecule has 3 N–H and O–H groups in total. The van der Waals surface area contributed by atoms with E-state index in [9.17, 15) is 22.0 Å². The predicted octanol–water partition coefficient (Wildman–Crippen LogP) is 1.85. The van der Waals surface area contributed by atoms with Gasteiger partial charge in [-0.25, -0.2) is 27.4 Å². The van der Waals surface area contributed by atoms with Crippen LogP contribution in [0.15, 0.2) is 47.4 Å². The van der Waals surface area contributed by atoms with Crippen molar-refractivity contribution >= 4 is 15.9 Å². The van der Waals surface area contributed by atoms with Crippen LogP contribution in [-0.4, -0.2) is 44.6 Å². The van der Waals surface area contributed by atoms with Gasteiger partial charge in [-0.2, -0.15) is 0 Å². The Morgan fingerprint density at radius 1 is 1.09 bits per heavy atom. The van der Waals surface area contributed by atoms with Crippen molar-refractivity contribution in [2.75, 3.05) is 6.79 Å². The number of carbonyl (C=O) groups is 1. The Balaban J connectivity index is 1.44. The second kappa shape index (κ2) is 9.69. The molecule has 1 aliphatic carbocycles. The predicted molar refractivity (Wildman–Crippen MR) is 109 cm³/mol. The van der Waals surface area contributed by atoms with E-state index in [0.29, 0.717) is 0 Å². The van der Waals surface area contributed by atoms with Gasteiger partial charge in [-0.1, -0.05) is 0 Å². The van der Waals surface area contributed by atoms with E-state index in [-0.39, 0.29) is 54.7 Å². The molecular weight excluding hydrogens is 462 g/mol. The number of halogens is 2. The third kappa shape index (κ3) is 5.31. The smallest absolute Gasteiger partial charge is 0.248 e. The van der Waals surface area contributed by atoms with Crippen LogP contribution in [0.25, 0.3) is 0 Å². The summed E-state index contributed by atoms with van der Waals surface area (Å²) in [6, 6.07) is 7.54. The molecule has 1 heterocycles. The average Bonchev–Trinajstić information content (AvgIpc) is 3.26. The van der Waals surface area contributed by atoms with Crippen LogP contribution in [0.3, 0.4) is 0 Å². The second-order valence-electron chi connectivity index (χ2n) is 7.81. The first-order valence-corrected chi connectivity index (χ1v) is 11.6. The highest BCUT2D eigenvalue weighted by Gasteiger charge is 2.45. The minimum Gasteiger partial charge on any atom is -0.489 e. The summed E-state index contributed by atoms with van der Waals surface area (Å²) in [4.78, 5) is 12.0. The lowest BCUT2D eigenvalue weighted by Gasteiger charge is -2.35. The Hall–Kier alpha value is -2.64. The van der Waals surface area contributed by atoms with Gasteiger partial charge in [0.05, 0.1) is 23.0 Å². The standard InChI is InChI=1S/C21H22F2N2O7S/c22-13-1-6-17(23)12(7-13)10-30-14-2-4-15(5-3-14)33(28,29)25-18-9-20-19(31-11-32-20)8-16(18)21(26)24-27/h1-7,16,18-20,25,27H,8-11H2,(H,24,26)/t16?,18?,19-,20+/m0/s1. The van der Waals surface area contributed by atoms with Gasteiger partial charge >= 0.3 is 0 Å². The molecule has 1 saturated carbocycles. The Morgan fingerprint density at radius 2 is 1.79 bits per heavy atom. The number of carbonyl (C=O) groups excluding carboxylic acids is 1. The van der Waals surface area contributed by atoms with E-state index < -0.39 is 39.5 Å². The number of nitrogens with one attached hydrogen (secondary N) is 2. The van der Waals surface area contributed by atoms with Gasteiger partial charge in [0.25, 0.3) is 0 Å². The maximum atomic E-state index is 13.7. The fourth-order valence-corrected chi connectivity index (χ4v) is 5.29. The van der Waals surface area contributed by atoms with Gasteiger partial charge in [0.1, 0.15) is 30.8 Å². The van der Waals surface area contributed by atoms with Gasteiger partial charge in [0, 0.05) is 11.6 Å². The molecule has 12 heteroatoms. The summed E-state index contributed by atoms with van der Waals surface area (Å²) >= 11 is 0. The molecule has 1 saturated heterocycles. The van der Waals surface area contributed by atoms with E-state index in [2.05, 4.69) is 4.72 Å². The van der Waals surface area contributed by atoms with Crippen LogP contribution in [-0.2, 0) is 30.9 Å². The molecule has 0 bridgehead atoms. The lowest BCUT2D eigenvalue weighted by molar-refractivity contribution is -0.136. The molecule has 0 aromatic heterocycles. The summed E-state index contributed by atoms with van der Waals surface area (Å²) in [5.74, 6) is -2.53. The zero-order valence-corrected chi connectivity index (χ0v) is 18.1. The van der Waals surface area contributed by atoms with Crippen molar-refractivity contribution in [3.8, 4) is 5.75 Å². The summed E-state index contributed by atoms with van der Waals surface area (Å²) in [7, 11) is -4.03. The van der Waals surface area contributed by atoms with Crippen LogP contribution in [0, 0.1) is 17.6 Å². The molecule has 4 atom stereocenters. The van der Waals surface area contributed by atoms with Crippen LogP contribution in [0.2, 0.25) is 0 Å². The molecule has 2 aromatic rings. The van der Waals surface area contributed by atoms with Gasteiger partial charge < -0.3 is 14.2 Å². The first-order valence-electron chi connectivity index (χ1n) is 10.1. The molecule has 178 valence electrons. The summed E-state index contributed by atoms with van der Waals surface area (Å²) in [5, 5.41) is 9.05. The van der Waals surface area contributed by atoms with E-state index in [1.165, 1.54) is 24.3 Å². The fraction of sp³-hybridized carbons (Fsp3) is 0.381. The Bertz CT molecular complexity index is 1110. The van der Waals surface area contributed by atoms with Crippen LogP contribution in [0.4, 0.5) is 8.78 Å². The Morgan fingerprint density at radius 3 is 2.48 bits per heavy atom. The van der Waals surface area contributed by atoms with Crippen molar-refractivity contribution in [3.63, 3.8) is 0 Å². The lowest BCUT2D eigenvalue weighted by Crippen LogP contribution is -2.53. The first kappa shape index (κ1) is 23.5. The highest BCUT2D eigenvalue weighted by Crippen LogP contribution is 2.33. The second-order valence-corrected chi connectivity index (χ2v) is 9.52. The molecule has 2 unspecified atom stereocenters. The normalized spacial score (nSPS) is 24.8. The van der Waals surface area contributed by atoms with E-state index in [0.717, 1.165) is 18.2 Å². The molecule has 4 rings (SSSR count). The molecule has 0 spiro atoms. The zero-order valence-electron chi connectivity index (χ0n) is 17.2. The number of rotatable bonds is 7. The van der Waals surface area contributed by atoms with E-state index >= 15 is 0 Å². The number of sulfonamides is 1. The largest absolute Gasteiger partial charge is 0.489 e. The molecule has 1 amide bonds. The first-order chi connectivity index (χ1) is 15.8. The molecule has 2 fully saturated rings. The molecule has 2 aliphatic rings. The van der Waals surface area contributed by atoms with E-state index in [1.54, 1.807) is 5.48 Å². The lowest BCUT2D eigenvalue weighted by atomic mass is 9.81. The summed E-state index contributed by atoms with van der Waals surface area (Å²) in [6.45, 7) is -0.179. The number of ether oxygens (including phenoxy) is 3. The van der Waals surface area contributed by atoms with Crippen molar-refractivity contribution in [3.05, 3.63) is 59.7 Å². The van der Waals surface area contributed by atoms with Crippen molar-refractivity contribution in [2.24, 2.45) is 5.92 Å². The maximum absolute atomic E-state index is 13.7. The van der Waals surface area contributed by atoms with Crippen molar-refractivity contribution in [2.45, 2.75) is 42.6 Å². The minimum absolute atomic E-state index is 0.0234. The topological polar surface area (TPSA) is 123 Å². The molecule has 0 radical (unpaired) electrons. The minimum atomic E-state index is -4.03. The highest BCUT2D eigenvalue weighted by molar-refractivity contribution is 7.89. The molecule has 9 nitrogen and oxygen atoms in total. The number of hydroxylamine groups is 1. The zero-order chi connectivity index (χ0) is 23.6. The monoisotopic (exact) mass is 484 g/mol. The highest BCUT2D eigenvalue weighted by atomic mass is 32.2. The number of hydrogen-bond donors (Lipinski definition) is 3. The van der Waals surface area contributed by atoms with Crippen molar-refractivity contribution < 1.29 is 41.4 Å². The molecular formula is C21H22F2N2O7S. The number of amides is 1. The van der Waals surface area contributed by atoms with Gasteiger partial charge in [-0.3, -0.25) is 10.0 Å². The Labute approximate surface area is 188 Å². The number of benzene rings is 2. The summed E-state index contributed by atoms with van der Waals surface area (Å²) in [5.41, 5.74) is 1.60. The SMILES string of the molecule is O=C(NO)C1C[C@@H]2OCO[C@@H]2CC1NS(=O)(=O)c1ccc(OCc2cc(F)ccc2F)cc1. The third-order valence-electron chi connectivity index (χ3n) is 5.73. The van der Waals surface area contributed by atoms with Crippen LogP contribution >= 0.6 is 0 Å². The molecule has 2 aromatic carbocycles. The third-order valence-corrected chi connectivity index (χ3v) is 7.23. The quantitative estimate of drug-likeness (QED) is 0.405. The number of fused-ring (bicyclic) bond motifs is 1. The molecule has 33 heavy (non-hydrogen) atoms. The molecule has 1 aliphatic heterocycles. The van der Waals surface area contributed by atoms with Crippen LogP contribution in [0.5, 0.6) is 5.75 Å². The van der Waals surface area contributed by atoms with E-state index in [1.807, 2.05) is 0 Å². The van der Waals surface area contributed by atoms with Crippen LogP contribution in [0.1, 0.15) is 18.4 Å². The van der Waals surface area contributed by atoms with Crippen molar-refractivity contribution in [1.29, 1.82) is 0 Å². The van der Waals surface area contributed by atoms with Gasteiger partial charge in [0.15, 0.2) is 0 Å². The van der Waals surface area contributed by atoms with Gasteiger partial charge in [-0.15, -0.1) is 0 Å². The summed E-state index contributed by atoms with van der Waals surface area (Å²) in [6.07, 6.45) is -0.331. The maximum Gasteiger partial charge on any atom is 0.248 e. The van der Waals surface area contributed by atoms with Crippen LogP contribution < -0.4 is 14.9 Å². The van der Waals surface area contributed by atoms with Gasteiger partial charge in [-0.05, 0) is 55.3 Å². The Kier molecular flexibility index (Phi) is 6.91. The van der Waals surface area contributed by atoms with Crippen molar-refractivity contribution in [1.82, 2.24) is 10.2 Å². The summed E-state index contributed by atoms with van der Waals surface area (Å²) < 4.78 is 71.6. The van der Waals surface area contributed by atoms with E-state index in [4.69, 9.17) is 19.4 Å². The van der Waals surface area contributed by atoms with Gasteiger partial charge in [0.2, 0.25) is 15.9 Å². The fourth-order valence-electron chi connectivity index (χ4n) is 4.00.